The second-order valence-electron chi connectivity index (χ2n) is 4.77. The van der Waals surface area contributed by atoms with E-state index < -0.39 is 12.1 Å². The fourth-order valence-corrected chi connectivity index (χ4v) is 1.69. The number of nitrogens with one attached hydrogen (secondary N) is 1. The number of rotatable bonds is 7. The van der Waals surface area contributed by atoms with E-state index in [4.69, 9.17) is 0 Å². The van der Waals surface area contributed by atoms with Gasteiger partial charge in [-0.15, -0.1) is 0 Å². The Hall–Kier alpha value is -0.820. The van der Waals surface area contributed by atoms with Gasteiger partial charge < -0.3 is 15.3 Å². The highest BCUT2D eigenvalue weighted by atomic mass is 19.4. The topological polar surface area (TPSA) is 52.6 Å². The average molecular weight is 268 g/mol. The predicted octanol–water partition coefficient (Wildman–Crippen LogP) is 0.758. The summed E-state index contributed by atoms with van der Waals surface area (Å²) in [6, 6.07) is 0. The molecule has 1 unspecified atom stereocenters. The lowest BCUT2D eigenvalue weighted by molar-refractivity contribution is -0.173. The average Bonchev–Trinajstić information content (AvgIpc) is 3.06. The van der Waals surface area contributed by atoms with E-state index in [2.05, 4.69) is 0 Å². The zero-order valence-corrected chi connectivity index (χ0v) is 10.3. The lowest BCUT2D eigenvalue weighted by Crippen LogP contribution is -2.38. The molecule has 2 N–H and O–H groups in total. The van der Waals surface area contributed by atoms with Crippen LogP contribution in [-0.4, -0.2) is 54.9 Å². The quantitative estimate of drug-likeness (QED) is 0.670. The molecule has 1 saturated carbocycles. The normalized spacial score (nSPS) is 17.9. The van der Waals surface area contributed by atoms with Crippen molar-refractivity contribution >= 4 is 5.91 Å². The van der Waals surface area contributed by atoms with E-state index in [0.717, 1.165) is 12.8 Å². The molecule has 0 aliphatic heterocycles. The molecule has 1 atom stereocenters. The van der Waals surface area contributed by atoms with Gasteiger partial charge in [-0.1, -0.05) is 0 Å². The van der Waals surface area contributed by atoms with Crippen molar-refractivity contribution in [3.63, 3.8) is 0 Å². The van der Waals surface area contributed by atoms with Crippen molar-refractivity contribution < 1.29 is 23.1 Å². The highest BCUT2D eigenvalue weighted by Gasteiger charge is 2.38. The zero-order valence-electron chi connectivity index (χ0n) is 10.3. The molecular weight excluding hydrogens is 249 g/mol. The largest absolute Gasteiger partial charge is 0.471 e. The minimum Gasteiger partial charge on any atom is -0.392 e. The van der Waals surface area contributed by atoms with Crippen molar-refractivity contribution in [3.8, 4) is 0 Å². The van der Waals surface area contributed by atoms with Gasteiger partial charge in [-0.2, -0.15) is 13.2 Å². The molecule has 0 aromatic heterocycles. The molecule has 1 fully saturated rings. The fourth-order valence-electron chi connectivity index (χ4n) is 1.69. The van der Waals surface area contributed by atoms with Crippen molar-refractivity contribution in [2.45, 2.75) is 31.5 Å². The van der Waals surface area contributed by atoms with Gasteiger partial charge in [0.2, 0.25) is 0 Å². The Labute approximate surface area is 104 Å². The summed E-state index contributed by atoms with van der Waals surface area (Å²) in [6.07, 6.45) is -2.63. The first-order valence-corrected chi connectivity index (χ1v) is 6.02. The lowest BCUT2D eigenvalue weighted by Gasteiger charge is -2.20. The number of carbonyl (C=O) groups is 1. The summed E-state index contributed by atoms with van der Waals surface area (Å²) < 4.78 is 35.5. The molecule has 0 bridgehead atoms. The van der Waals surface area contributed by atoms with Gasteiger partial charge in [0.25, 0.3) is 0 Å². The Kier molecular flexibility index (Phi) is 5.40. The molecule has 1 aliphatic rings. The highest BCUT2D eigenvalue weighted by Crippen LogP contribution is 2.32. The van der Waals surface area contributed by atoms with E-state index in [1.807, 2.05) is 10.2 Å². The molecule has 1 rings (SSSR count). The van der Waals surface area contributed by atoms with E-state index >= 15 is 0 Å². The van der Waals surface area contributed by atoms with Crippen LogP contribution in [0.5, 0.6) is 0 Å². The van der Waals surface area contributed by atoms with Crippen molar-refractivity contribution in [3.05, 3.63) is 0 Å². The number of amides is 1. The lowest BCUT2D eigenvalue weighted by atomic mass is 10.2. The zero-order chi connectivity index (χ0) is 13.8. The second kappa shape index (κ2) is 6.38. The van der Waals surface area contributed by atoms with Gasteiger partial charge in [-0.3, -0.25) is 4.79 Å². The van der Waals surface area contributed by atoms with Crippen molar-refractivity contribution in [2.24, 2.45) is 5.92 Å². The second-order valence-corrected chi connectivity index (χ2v) is 4.77. The van der Waals surface area contributed by atoms with Gasteiger partial charge in [0, 0.05) is 13.1 Å². The summed E-state index contributed by atoms with van der Waals surface area (Å²) in [7, 11) is 1.80. The maximum Gasteiger partial charge on any atom is 0.471 e. The Bertz CT molecular complexity index is 280. The van der Waals surface area contributed by atoms with Gasteiger partial charge in [0.05, 0.1) is 6.10 Å². The van der Waals surface area contributed by atoms with E-state index in [0.29, 0.717) is 25.4 Å². The van der Waals surface area contributed by atoms with Crippen molar-refractivity contribution in [2.75, 3.05) is 26.7 Å². The maximum absolute atomic E-state index is 11.8. The summed E-state index contributed by atoms with van der Waals surface area (Å²) in [4.78, 5) is 12.4. The maximum atomic E-state index is 11.8. The van der Waals surface area contributed by atoms with Crippen LogP contribution in [0.3, 0.4) is 0 Å². The van der Waals surface area contributed by atoms with Crippen LogP contribution in [0, 0.1) is 5.92 Å². The smallest absolute Gasteiger partial charge is 0.392 e. The van der Waals surface area contributed by atoms with Crippen LogP contribution >= 0.6 is 0 Å². The summed E-state index contributed by atoms with van der Waals surface area (Å²) in [6.45, 7) is 1.06. The molecule has 0 saturated heterocycles. The van der Waals surface area contributed by atoms with Gasteiger partial charge in [0.15, 0.2) is 0 Å². The number of likely N-dealkylation sites (N-methyl/N-ethyl adjacent to an activating group) is 1. The Morgan fingerprint density at radius 1 is 1.50 bits per heavy atom. The number of hydrogen-bond donors (Lipinski definition) is 2. The summed E-state index contributed by atoms with van der Waals surface area (Å²) in [5, 5.41) is 11.5. The van der Waals surface area contributed by atoms with Crippen LogP contribution in [0.2, 0.25) is 0 Å². The van der Waals surface area contributed by atoms with E-state index in [1.54, 1.807) is 7.05 Å². The monoisotopic (exact) mass is 268 g/mol. The first kappa shape index (κ1) is 15.2. The molecule has 4 nitrogen and oxygen atoms in total. The number of halogens is 3. The molecule has 1 aliphatic carbocycles. The molecule has 0 aromatic carbocycles. The number of hydrogen-bond acceptors (Lipinski definition) is 3. The molecule has 106 valence electrons. The number of nitrogens with zero attached hydrogens (tertiary/aromatic N) is 1. The number of alkyl halides is 3. The Morgan fingerprint density at radius 2 is 2.11 bits per heavy atom. The van der Waals surface area contributed by atoms with Crippen LogP contribution in [0.15, 0.2) is 0 Å². The minimum absolute atomic E-state index is 0.0117. The molecule has 1 amide bonds. The molecule has 7 heteroatoms. The van der Waals surface area contributed by atoms with Gasteiger partial charge in [-0.05, 0) is 38.8 Å². The summed E-state index contributed by atoms with van der Waals surface area (Å²) in [5.74, 6) is -1.51. The molecule has 18 heavy (non-hydrogen) atoms. The van der Waals surface area contributed by atoms with Gasteiger partial charge >= 0.3 is 12.1 Å². The molecule has 0 spiro atoms. The van der Waals surface area contributed by atoms with Gasteiger partial charge in [0.1, 0.15) is 0 Å². The minimum atomic E-state index is -4.81. The van der Waals surface area contributed by atoms with E-state index in [9.17, 15) is 23.1 Å². The SMILES string of the molecule is CN(CCCNC(=O)C(F)(F)F)CC(O)C1CC1. The third kappa shape index (κ3) is 5.68. The Balaban J connectivity index is 2.04. The number of aliphatic hydroxyl groups excluding tert-OH is 1. The highest BCUT2D eigenvalue weighted by molar-refractivity contribution is 5.81. The van der Waals surface area contributed by atoms with E-state index in [1.165, 1.54) is 0 Å². The Morgan fingerprint density at radius 3 is 2.61 bits per heavy atom. The first-order chi connectivity index (χ1) is 8.30. The van der Waals surface area contributed by atoms with Crippen LogP contribution in [0.1, 0.15) is 19.3 Å². The summed E-state index contributed by atoms with van der Waals surface area (Å²) >= 11 is 0. The van der Waals surface area contributed by atoms with Crippen molar-refractivity contribution in [1.82, 2.24) is 10.2 Å². The van der Waals surface area contributed by atoms with E-state index in [-0.39, 0.29) is 12.6 Å². The standard InChI is InChI=1S/C11H19F3N2O2/c1-16(7-9(17)8-3-4-8)6-2-5-15-10(18)11(12,13)14/h8-9,17H,2-7H2,1H3,(H,15,18). The third-order valence-corrected chi connectivity index (χ3v) is 2.92. The van der Waals surface area contributed by atoms with Crippen LogP contribution in [-0.2, 0) is 4.79 Å². The predicted molar refractivity (Wildman–Crippen MR) is 59.9 cm³/mol. The fraction of sp³-hybridized carbons (Fsp3) is 0.909. The molecule has 0 radical (unpaired) electrons. The molecule has 0 heterocycles. The van der Waals surface area contributed by atoms with Crippen LogP contribution < -0.4 is 5.32 Å². The number of aliphatic hydroxyl groups is 1. The third-order valence-electron chi connectivity index (χ3n) is 2.92. The number of carbonyl (C=O) groups excluding carboxylic acids is 1. The van der Waals surface area contributed by atoms with Crippen LogP contribution in [0.4, 0.5) is 13.2 Å². The summed E-state index contributed by atoms with van der Waals surface area (Å²) in [5.41, 5.74) is 0. The molecular formula is C11H19F3N2O2. The first-order valence-electron chi connectivity index (χ1n) is 6.02. The van der Waals surface area contributed by atoms with Crippen LogP contribution in [0.25, 0.3) is 0 Å². The molecule has 0 aromatic rings. The van der Waals surface area contributed by atoms with Crippen molar-refractivity contribution in [1.29, 1.82) is 0 Å². The van der Waals surface area contributed by atoms with Gasteiger partial charge in [-0.25, -0.2) is 0 Å².